The molecule has 0 bridgehead atoms. The highest BCUT2D eigenvalue weighted by Gasteiger charge is 2.21. The van der Waals surface area contributed by atoms with Crippen molar-refractivity contribution in [3.8, 4) is 5.75 Å². The number of rotatable bonds is 5. The Morgan fingerprint density at radius 1 is 1.22 bits per heavy atom. The van der Waals surface area contributed by atoms with Crippen LogP contribution in [0, 0.1) is 5.41 Å². The summed E-state index contributed by atoms with van der Waals surface area (Å²) in [4.78, 5) is 12.4. The molecule has 0 saturated carbocycles. The van der Waals surface area contributed by atoms with Gasteiger partial charge in [-0.15, -0.1) is 0 Å². The predicted molar refractivity (Wildman–Crippen MR) is 90.9 cm³/mol. The van der Waals surface area contributed by atoms with E-state index in [9.17, 15) is 4.79 Å². The van der Waals surface area contributed by atoms with E-state index in [0.29, 0.717) is 11.4 Å². The molecule has 0 heterocycles. The summed E-state index contributed by atoms with van der Waals surface area (Å²) in [5, 5.41) is 10.2. The first-order chi connectivity index (χ1) is 11.0. The third-order valence-electron chi connectivity index (χ3n) is 3.45. The standard InChI is InChI=1S/C17H18ClN3O2/c1-23-14-8-2-11(3-9-14)10-15(16(22)21-17(19)20)12-4-6-13(18)7-5-12/h2-9,15H,10H2,1H3,(H4,19,20,21,22)/t15-/m1/s1. The topological polar surface area (TPSA) is 88.2 Å². The minimum Gasteiger partial charge on any atom is -0.497 e. The largest absolute Gasteiger partial charge is 0.497 e. The summed E-state index contributed by atoms with van der Waals surface area (Å²) in [6.07, 6.45) is 0.477. The van der Waals surface area contributed by atoms with Crippen LogP contribution in [0.15, 0.2) is 48.5 Å². The fourth-order valence-electron chi connectivity index (χ4n) is 2.27. The third kappa shape index (κ3) is 4.72. The van der Waals surface area contributed by atoms with E-state index in [1.165, 1.54) is 0 Å². The molecule has 0 unspecified atom stereocenters. The van der Waals surface area contributed by atoms with Gasteiger partial charge in [-0.3, -0.25) is 15.5 Å². The van der Waals surface area contributed by atoms with Crippen LogP contribution in [0.5, 0.6) is 5.75 Å². The Labute approximate surface area is 139 Å². The molecule has 0 aromatic heterocycles. The summed E-state index contributed by atoms with van der Waals surface area (Å²) < 4.78 is 5.13. The smallest absolute Gasteiger partial charge is 0.234 e. The molecule has 0 fully saturated rings. The lowest BCUT2D eigenvalue weighted by Gasteiger charge is -2.17. The lowest BCUT2D eigenvalue weighted by atomic mass is 9.91. The predicted octanol–water partition coefficient (Wildman–Crippen LogP) is 2.68. The highest BCUT2D eigenvalue weighted by molar-refractivity contribution is 6.30. The first kappa shape index (κ1) is 16.8. The molecule has 0 aliphatic heterocycles. The SMILES string of the molecule is COc1ccc(C[C@@H](C(=O)NC(=N)N)c2ccc(Cl)cc2)cc1. The van der Waals surface area contributed by atoms with Gasteiger partial charge in [0.2, 0.25) is 5.91 Å². The zero-order valence-electron chi connectivity index (χ0n) is 12.7. The lowest BCUT2D eigenvalue weighted by Crippen LogP contribution is -2.39. The van der Waals surface area contributed by atoms with E-state index in [0.717, 1.165) is 16.9 Å². The molecular formula is C17H18ClN3O2. The maximum absolute atomic E-state index is 12.4. The Bertz CT molecular complexity index is 684. The second kappa shape index (κ2) is 7.65. The second-order valence-corrected chi connectivity index (χ2v) is 5.50. The number of hydrogen-bond donors (Lipinski definition) is 3. The molecule has 0 saturated heterocycles. The van der Waals surface area contributed by atoms with Gasteiger partial charge in [-0.2, -0.15) is 0 Å². The summed E-state index contributed by atoms with van der Waals surface area (Å²) in [5.41, 5.74) is 7.06. The zero-order chi connectivity index (χ0) is 16.8. The summed E-state index contributed by atoms with van der Waals surface area (Å²) in [6.45, 7) is 0. The molecule has 1 atom stereocenters. The normalized spacial score (nSPS) is 11.6. The van der Waals surface area contributed by atoms with Gasteiger partial charge in [0.15, 0.2) is 5.96 Å². The maximum atomic E-state index is 12.4. The number of methoxy groups -OCH3 is 1. The van der Waals surface area contributed by atoms with Crippen molar-refractivity contribution in [2.75, 3.05) is 7.11 Å². The zero-order valence-corrected chi connectivity index (χ0v) is 13.4. The Hall–Kier alpha value is -2.53. The van der Waals surface area contributed by atoms with Crippen LogP contribution in [-0.2, 0) is 11.2 Å². The fourth-order valence-corrected chi connectivity index (χ4v) is 2.40. The van der Waals surface area contributed by atoms with Crippen LogP contribution >= 0.6 is 11.6 Å². The number of ether oxygens (including phenoxy) is 1. The van der Waals surface area contributed by atoms with Gasteiger partial charge in [0, 0.05) is 5.02 Å². The monoisotopic (exact) mass is 331 g/mol. The number of guanidine groups is 1. The molecule has 0 radical (unpaired) electrons. The number of carbonyl (C=O) groups excluding carboxylic acids is 1. The van der Waals surface area contributed by atoms with E-state index in [-0.39, 0.29) is 11.9 Å². The highest BCUT2D eigenvalue weighted by atomic mass is 35.5. The Morgan fingerprint density at radius 3 is 2.35 bits per heavy atom. The van der Waals surface area contributed by atoms with Gasteiger partial charge in [0.1, 0.15) is 5.75 Å². The van der Waals surface area contributed by atoms with E-state index >= 15 is 0 Å². The van der Waals surface area contributed by atoms with Gasteiger partial charge < -0.3 is 10.5 Å². The number of nitrogens with one attached hydrogen (secondary N) is 2. The van der Waals surface area contributed by atoms with Crippen molar-refractivity contribution < 1.29 is 9.53 Å². The Kier molecular flexibility index (Phi) is 5.60. The van der Waals surface area contributed by atoms with Crippen molar-refractivity contribution in [3.63, 3.8) is 0 Å². The van der Waals surface area contributed by atoms with Crippen molar-refractivity contribution >= 4 is 23.5 Å². The van der Waals surface area contributed by atoms with Gasteiger partial charge in [0.25, 0.3) is 0 Å². The highest BCUT2D eigenvalue weighted by Crippen LogP contribution is 2.24. The summed E-state index contributed by atoms with van der Waals surface area (Å²) >= 11 is 5.91. The summed E-state index contributed by atoms with van der Waals surface area (Å²) in [6, 6.07) is 14.6. The van der Waals surface area contributed by atoms with Gasteiger partial charge in [-0.05, 0) is 41.8 Å². The number of hydrogen-bond acceptors (Lipinski definition) is 3. The van der Waals surface area contributed by atoms with E-state index in [2.05, 4.69) is 5.32 Å². The molecule has 5 nitrogen and oxygen atoms in total. The molecular weight excluding hydrogens is 314 g/mol. The van der Waals surface area contributed by atoms with Gasteiger partial charge in [-0.1, -0.05) is 35.9 Å². The maximum Gasteiger partial charge on any atom is 0.234 e. The first-order valence-corrected chi connectivity index (χ1v) is 7.40. The van der Waals surface area contributed by atoms with Crippen LogP contribution < -0.4 is 15.8 Å². The average Bonchev–Trinajstić information content (AvgIpc) is 2.53. The van der Waals surface area contributed by atoms with E-state index in [1.54, 1.807) is 31.4 Å². The number of amides is 1. The Morgan fingerprint density at radius 2 is 1.83 bits per heavy atom. The molecule has 6 heteroatoms. The first-order valence-electron chi connectivity index (χ1n) is 7.03. The molecule has 120 valence electrons. The van der Waals surface area contributed by atoms with Crippen molar-refractivity contribution in [2.24, 2.45) is 5.73 Å². The molecule has 2 rings (SSSR count). The molecule has 23 heavy (non-hydrogen) atoms. The number of benzene rings is 2. The second-order valence-electron chi connectivity index (χ2n) is 5.06. The lowest BCUT2D eigenvalue weighted by molar-refractivity contribution is -0.121. The Balaban J connectivity index is 2.26. The van der Waals surface area contributed by atoms with Crippen molar-refractivity contribution in [1.82, 2.24) is 5.32 Å². The van der Waals surface area contributed by atoms with E-state index in [4.69, 9.17) is 27.5 Å². The molecule has 2 aromatic rings. The van der Waals surface area contributed by atoms with E-state index < -0.39 is 5.92 Å². The van der Waals surface area contributed by atoms with Crippen LogP contribution in [-0.4, -0.2) is 19.0 Å². The number of carbonyl (C=O) groups is 1. The number of nitrogens with two attached hydrogens (primary N) is 1. The fraction of sp³-hybridized carbons (Fsp3) is 0.176. The summed E-state index contributed by atoms with van der Waals surface area (Å²) in [7, 11) is 1.60. The van der Waals surface area contributed by atoms with Gasteiger partial charge in [0.05, 0.1) is 13.0 Å². The van der Waals surface area contributed by atoms with Gasteiger partial charge >= 0.3 is 0 Å². The van der Waals surface area contributed by atoms with Crippen molar-refractivity contribution in [1.29, 1.82) is 5.41 Å². The summed E-state index contributed by atoms with van der Waals surface area (Å²) in [5.74, 6) is -0.408. The third-order valence-corrected chi connectivity index (χ3v) is 3.70. The van der Waals surface area contributed by atoms with Crippen molar-refractivity contribution in [3.05, 3.63) is 64.7 Å². The van der Waals surface area contributed by atoms with Crippen molar-refractivity contribution in [2.45, 2.75) is 12.3 Å². The van der Waals surface area contributed by atoms with E-state index in [1.807, 2.05) is 24.3 Å². The molecule has 1 amide bonds. The minimum absolute atomic E-state index is 0.323. The average molecular weight is 332 g/mol. The van der Waals surface area contributed by atoms with Gasteiger partial charge in [-0.25, -0.2) is 0 Å². The number of halogens is 1. The van der Waals surface area contributed by atoms with Crippen LogP contribution in [0.25, 0.3) is 0 Å². The molecule has 0 aliphatic rings. The minimum atomic E-state index is -0.468. The quantitative estimate of drug-likeness (QED) is 0.581. The molecule has 0 aliphatic carbocycles. The van der Waals surface area contributed by atoms with Crippen LogP contribution in [0.4, 0.5) is 0 Å². The molecule has 2 aromatic carbocycles. The molecule has 0 spiro atoms. The van der Waals surface area contributed by atoms with Crippen LogP contribution in [0.3, 0.4) is 0 Å². The van der Waals surface area contributed by atoms with Crippen LogP contribution in [0.1, 0.15) is 17.0 Å². The van der Waals surface area contributed by atoms with Crippen LogP contribution in [0.2, 0.25) is 5.02 Å². The molecule has 4 N–H and O–H groups in total.